The Morgan fingerprint density at radius 2 is 1.71 bits per heavy atom. The SMILES string of the molecule is CCC(CC)CN1CCC(C)(O)CC1. The highest BCUT2D eigenvalue weighted by Gasteiger charge is 2.27. The number of rotatable bonds is 4. The molecule has 1 aliphatic rings. The van der Waals surface area contributed by atoms with E-state index < -0.39 is 5.60 Å². The Labute approximate surface area is 88.3 Å². The van der Waals surface area contributed by atoms with Gasteiger partial charge in [-0.15, -0.1) is 0 Å². The summed E-state index contributed by atoms with van der Waals surface area (Å²) in [4.78, 5) is 2.51. The van der Waals surface area contributed by atoms with Gasteiger partial charge in [0.25, 0.3) is 0 Å². The lowest BCUT2D eigenvalue weighted by Crippen LogP contribution is -2.44. The van der Waals surface area contributed by atoms with Gasteiger partial charge in [0.15, 0.2) is 0 Å². The molecule has 0 aromatic heterocycles. The first-order chi connectivity index (χ1) is 6.57. The molecule has 84 valence electrons. The van der Waals surface area contributed by atoms with Gasteiger partial charge in [-0.2, -0.15) is 0 Å². The highest BCUT2D eigenvalue weighted by molar-refractivity contribution is 4.82. The van der Waals surface area contributed by atoms with Gasteiger partial charge in [0.2, 0.25) is 0 Å². The molecule has 2 nitrogen and oxygen atoms in total. The van der Waals surface area contributed by atoms with Crippen LogP contribution in [0.15, 0.2) is 0 Å². The number of nitrogens with zero attached hydrogens (tertiary/aromatic N) is 1. The number of hydrogen-bond donors (Lipinski definition) is 1. The summed E-state index contributed by atoms with van der Waals surface area (Å²) in [5.41, 5.74) is -0.398. The van der Waals surface area contributed by atoms with Gasteiger partial charge in [-0.05, 0) is 25.7 Å². The van der Waals surface area contributed by atoms with Crippen LogP contribution in [-0.4, -0.2) is 35.2 Å². The Kier molecular flexibility index (Phi) is 4.39. The van der Waals surface area contributed by atoms with E-state index in [0.29, 0.717) is 0 Å². The van der Waals surface area contributed by atoms with Crippen molar-refractivity contribution >= 4 is 0 Å². The maximum Gasteiger partial charge on any atom is 0.0644 e. The van der Waals surface area contributed by atoms with Crippen LogP contribution in [0.5, 0.6) is 0 Å². The summed E-state index contributed by atoms with van der Waals surface area (Å²) in [7, 11) is 0. The minimum Gasteiger partial charge on any atom is -0.390 e. The third kappa shape index (κ3) is 3.58. The van der Waals surface area contributed by atoms with Gasteiger partial charge in [0, 0.05) is 19.6 Å². The molecule has 1 aliphatic heterocycles. The van der Waals surface area contributed by atoms with Gasteiger partial charge in [-0.3, -0.25) is 0 Å². The fourth-order valence-corrected chi connectivity index (χ4v) is 2.13. The van der Waals surface area contributed by atoms with E-state index in [-0.39, 0.29) is 0 Å². The van der Waals surface area contributed by atoms with E-state index in [9.17, 15) is 5.11 Å². The van der Waals surface area contributed by atoms with Crippen LogP contribution < -0.4 is 0 Å². The van der Waals surface area contributed by atoms with Crippen molar-refractivity contribution in [2.45, 2.75) is 52.1 Å². The van der Waals surface area contributed by atoms with Crippen LogP contribution in [0.3, 0.4) is 0 Å². The van der Waals surface area contributed by atoms with E-state index in [0.717, 1.165) is 31.8 Å². The highest BCUT2D eigenvalue weighted by Crippen LogP contribution is 2.22. The summed E-state index contributed by atoms with van der Waals surface area (Å²) >= 11 is 0. The molecule has 0 spiro atoms. The maximum absolute atomic E-state index is 9.81. The first-order valence-corrected chi connectivity index (χ1v) is 6.02. The van der Waals surface area contributed by atoms with E-state index in [4.69, 9.17) is 0 Å². The Morgan fingerprint density at radius 1 is 1.21 bits per heavy atom. The maximum atomic E-state index is 9.81. The molecule has 0 unspecified atom stereocenters. The summed E-state index contributed by atoms with van der Waals surface area (Å²) < 4.78 is 0. The average Bonchev–Trinajstić information content (AvgIpc) is 2.16. The molecular weight excluding hydrogens is 174 g/mol. The number of aliphatic hydroxyl groups is 1. The smallest absolute Gasteiger partial charge is 0.0644 e. The van der Waals surface area contributed by atoms with E-state index in [1.807, 2.05) is 6.92 Å². The quantitative estimate of drug-likeness (QED) is 0.751. The average molecular weight is 199 g/mol. The van der Waals surface area contributed by atoms with Gasteiger partial charge >= 0.3 is 0 Å². The topological polar surface area (TPSA) is 23.5 Å². The molecule has 0 aliphatic carbocycles. The minimum absolute atomic E-state index is 0.398. The Morgan fingerprint density at radius 3 is 2.14 bits per heavy atom. The lowest BCUT2D eigenvalue weighted by Gasteiger charge is -2.37. The van der Waals surface area contributed by atoms with Crippen LogP contribution in [-0.2, 0) is 0 Å². The van der Waals surface area contributed by atoms with Crippen LogP contribution in [0.4, 0.5) is 0 Å². The van der Waals surface area contributed by atoms with Gasteiger partial charge in [0.1, 0.15) is 0 Å². The lowest BCUT2D eigenvalue weighted by molar-refractivity contribution is -0.00896. The molecule has 1 fully saturated rings. The van der Waals surface area contributed by atoms with Gasteiger partial charge in [0.05, 0.1) is 5.60 Å². The van der Waals surface area contributed by atoms with Gasteiger partial charge in [-0.25, -0.2) is 0 Å². The van der Waals surface area contributed by atoms with Crippen LogP contribution in [0.1, 0.15) is 46.5 Å². The molecule has 0 aromatic rings. The van der Waals surface area contributed by atoms with Crippen molar-refractivity contribution in [2.75, 3.05) is 19.6 Å². The summed E-state index contributed by atoms with van der Waals surface area (Å²) in [6, 6.07) is 0. The Bertz CT molecular complexity index is 154. The molecule has 14 heavy (non-hydrogen) atoms. The summed E-state index contributed by atoms with van der Waals surface area (Å²) in [6.45, 7) is 9.88. The van der Waals surface area contributed by atoms with Gasteiger partial charge in [-0.1, -0.05) is 26.7 Å². The van der Waals surface area contributed by atoms with Crippen molar-refractivity contribution in [2.24, 2.45) is 5.92 Å². The molecule has 1 rings (SSSR count). The fraction of sp³-hybridized carbons (Fsp3) is 1.00. The van der Waals surface area contributed by atoms with Crippen molar-refractivity contribution in [1.29, 1.82) is 0 Å². The van der Waals surface area contributed by atoms with Crippen LogP contribution in [0, 0.1) is 5.92 Å². The predicted octanol–water partition coefficient (Wildman–Crippen LogP) is 2.27. The predicted molar refractivity (Wildman–Crippen MR) is 60.4 cm³/mol. The molecule has 1 N–H and O–H groups in total. The largest absolute Gasteiger partial charge is 0.390 e. The molecule has 0 amide bonds. The van der Waals surface area contributed by atoms with Crippen molar-refractivity contribution in [1.82, 2.24) is 4.90 Å². The second kappa shape index (κ2) is 5.13. The Hall–Kier alpha value is -0.0800. The zero-order chi connectivity index (χ0) is 10.6. The van der Waals surface area contributed by atoms with Gasteiger partial charge < -0.3 is 10.0 Å². The molecule has 0 saturated carbocycles. The second-order valence-electron chi connectivity index (χ2n) is 4.98. The highest BCUT2D eigenvalue weighted by atomic mass is 16.3. The number of piperidine rings is 1. The molecule has 1 saturated heterocycles. The first kappa shape index (κ1) is 12.0. The van der Waals surface area contributed by atoms with E-state index in [1.54, 1.807) is 0 Å². The fourth-order valence-electron chi connectivity index (χ4n) is 2.13. The molecule has 0 aromatic carbocycles. The normalized spacial score (nSPS) is 22.9. The zero-order valence-electron chi connectivity index (χ0n) is 9.92. The standard InChI is InChI=1S/C12H25NO/c1-4-11(5-2)10-13-8-6-12(3,14)7-9-13/h11,14H,4-10H2,1-3H3. The monoisotopic (exact) mass is 199 g/mol. The zero-order valence-corrected chi connectivity index (χ0v) is 9.92. The summed E-state index contributed by atoms with van der Waals surface area (Å²) in [5, 5.41) is 9.81. The second-order valence-corrected chi connectivity index (χ2v) is 4.98. The molecule has 2 heteroatoms. The number of hydrogen-bond acceptors (Lipinski definition) is 2. The third-order valence-electron chi connectivity index (χ3n) is 3.60. The summed E-state index contributed by atoms with van der Waals surface area (Å²) in [5.74, 6) is 0.845. The first-order valence-electron chi connectivity index (χ1n) is 6.02. The molecular formula is C12H25NO. The van der Waals surface area contributed by atoms with Crippen LogP contribution >= 0.6 is 0 Å². The van der Waals surface area contributed by atoms with E-state index in [1.165, 1.54) is 19.4 Å². The van der Waals surface area contributed by atoms with E-state index >= 15 is 0 Å². The molecule has 0 bridgehead atoms. The van der Waals surface area contributed by atoms with E-state index in [2.05, 4.69) is 18.7 Å². The van der Waals surface area contributed by atoms with Crippen LogP contribution in [0.2, 0.25) is 0 Å². The molecule has 0 atom stereocenters. The summed E-state index contributed by atoms with van der Waals surface area (Å²) in [6.07, 6.45) is 4.44. The molecule has 0 radical (unpaired) electrons. The van der Waals surface area contributed by atoms with Crippen molar-refractivity contribution in [3.05, 3.63) is 0 Å². The van der Waals surface area contributed by atoms with Crippen LogP contribution in [0.25, 0.3) is 0 Å². The Balaban J connectivity index is 2.28. The lowest BCUT2D eigenvalue weighted by atomic mass is 9.92. The minimum atomic E-state index is -0.398. The third-order valence-corrected chi connectivity index (χ3v) is 3.60. The van der Waals surface area contributed by atoms with Crippen molar-refractivity contribution < 1.29 is 5.11 Å². The molecule has 1 heterocycles. The van der Waals surface area contributed by atoms with Crippen molar-refractivity contribution in [3.63, 3.8) is 0 Å². The van der Waals surface area contributed by atoms with Crippen molar-refractivity contribution in [3.8, 4) is 0 Å². The number of likely N-dealkylation sites (tertiary alicyclic amines) is 1.